The molecule has 1 heterocycles. The molecule has 134 valence electrons. The zero-order valence-electron chi connectivity index (χ0n) is 17.1. The second-order valence-corrected chi connectivity index (χ2v) is 8.19. The molecule has 1 aliphatic carbocycles. The van der Waals surface area contributed by atoms with Gasteiger partial charge in [0.05, 0.1) is 0 Å². The number of aromatic amines is 1. The zero-order chi connectivity index (χ0) is 18.7. The Morgan fingerprint density at radius 2 is 1.62 bits per heavy atom. The summed E-state index contributed by atoms with van der Waals surface area (Å²) in [4.78, 5) is 3.46. The average Bonchev–Trinajstić information content (AvgIpc) is 3.25. The van der Waals surface area contributed by atoms with Crippen molar-refractivity contribution in [2.45, 2.75) is 60.8 Å². The van der Waals surface area contributed by atoms with E-state index in [0.717, 1.165) is 6.42 Å². The topological polar surface area (TPSA) is 15.8 Å². The fourth-order valence-corrected chi connectivity index (χ4v) is 4.79. The van der Waals surface area contributed by atoms with E-state index in [-0.39, 0.29) is 0 Å². The van der Waals surface area contributed by atoms with Crippen molar-refractivity contribution in [2.24, 2.45) is 0 Å². The fraction of sp³-hybridized carbons (Fsp3) is 0.360. The summed E-state index contributed by atoms with van der Waals surface area (Å²) in [7, 11) is 0. The smallest absolute Gasteiger partial charge is 0.0489 e. The van der Waals surface area contributed by atoms with Crippen LogP contribution in [0.1, 0.15) is 62.9 Å². The van der Waals surface area contributed by atoms with Crippen molar-refractivity contribution < 1.29 is 0 Å². The third kappa shape index (κ3) is 2.30. The zero-order valence-corrected chi connectivity index (χ0v) is 17.1. The van der Waals surface area contributed by atoms with Crippen LogP contribution in [0.15, 0.2) is 23.9 Å². The normalized spacial score (nSPS) is 14.7. The van der Waals surface area contributed by atoms with Crippen molar-refractivity contribution in [3.05, 3.63) is 74.0 Å². The van der Waals surface area contributed by atoms with Gasteiger partial charge in [0.15, 0.2) is 0 Å². The molecule has 1 unspecified atom stereocenters. The number of allylic oxidation sites excluding steroid dienone is 1. The summed E-state index contributed by atoms with van der Waals surface area (Å²) in [6.07, 6.45) is 5.63. The molecule has 1 N–H and O–H groups in total. The molecule has 0 saturated carbocycles. The van der Waals surface area contributed by atoms with E-state index in [1.54, 1.807) is 5.57 Å². The highest BCUT2D eigenvalue weighted by atomic mass is 14.7. The third-order valence-corrected chi connectivity index (χ3v) is 6.95. The Kier molecular flexibility index (Phi) is 3.87. The summed E-state index contributed by atoms with van der Waals surface area (Å²) in [5.74, 6) is 0.431. The van der Waals surface area contributed by atoms with Gasteiger partial charge in [-0.3, -0.25) is 0 Å². The molecule has 26 heavy (non-hydrogen) atoms. The van der Waals surface area contributed by atoms with Gasteiger partial charge in [-0.05, 0) is 104 Å². The summed E-state index contributed by atoms with van der Waals surface area (Å²) in [6.45, 7) is 15.9. The van der Waals surface area contributed by atoms with E-state index >= 15 is 0 Å². The molecule has 1 aromatic heterocycles. The largest absolute Gasteiger partial charge is 0.361 e. The summed E-state index contributed by atoms with van der Waals surface area (Å²) in [6, 6.07) is 4.65. The predicted molar refractivity (Wildman–Crippen MR) is 113 cm³/mol. The van der Waals surface area contributed by atoms with Crippen molar-refractivity contribution in [1.82, 2.24) is 4.98 Å². The Labute approximate surface area is 157 Å². The van der Waals surface area contributed by atoms with Gasteiger partial charge in [-0.25, -0.2) is 0 Å². The minimum atomic E-state index is 0.431. The van der Waals surface area contributed by atoms with Gasteiger partial charge in [0, 0.05) is 23.0 Å². The van der Waals surface area contributed by atoms with Crippen molar-refractivity contribution in [3.63, 3.8) is 0 Å². The van der Waals surface area contributed by atoms with E-state index < -0.39 is 0 Å². The van der Waals surface area contributed by atoms with Crippen LogP contribution in [-0.2, 0) is 6.42 Å². The quantitative estimate of drug-likeness (QED) is 0.529. The summed E-state index contributed by atoms with van der Waals surface area (Å²) >= 11 is 0. The maximum atomic E-state index is 3.46. The highest BCUT2D eigenvalue weighted by molar-refractivity contribution is 5.89. The molecule has 0 amide bonds. The van der Waals surface area contributed by atoms with Gasteiger partial charge >= 0.3 is 0 Å². The maximum Gasteiger partial charge on any atom is 0.0489 e. The highest BCUT2D eigenvalue weighted by Gasteiger charge is 2.25. The molecule has 0 aliphatic heterocycles. The van der Waals surface area contributed by atoms with Gasteiger partial charge in [-0.1, -0.05) is 24.6 Å². The lowest BCUT2D eigenvalue weighted by Gasteiger charge is -2.21. The van der Waals surface area contributed by atoms with Crippen LogP contribution in [0.4, 0.5) is 0 Å². The monoisotopic (exact) mass is 343 g/mol. The first-order valence-electron chi connectivity index (χ1n) is 9.68. The third-order valence-electron chi connectivity index (χ3n) is 6.95. The van der Waals surface area contributed by atoms with Gasteiger partial charge in [-0.2, -0.15) is 0 Å². The predicted octanol–water partition coefficient (Wildman–Crippen LogP) is 6.76. The van der Waals surface area contributed by atoms with E-state index in [1.807, 2.05) is 0 Å². The molecule has 3 aromatic rings. The van der Waals surface area contributed by atoms with Crippen LogP contribution in [0.2, 0.25) is 0 Å². The molecular formula is C25H29N. The molecule has 0 fully saturated rings. The Morgan fingerprint density at radius 1 is 0.885 bits per heavy atom. The molecule has 1 heteroatoms. The van der Waals surface area contributed by atoms with Gasteiger partial charge in [0.25, 0.3) is 0 Å². The SMILES string of the molecule is Cc1cc2c(c(C)c1C)C=C(C(C)c1c(C)c(C)c(C)c3[nH]ccc13)C2. The Bertz CT molecular complexity index is 1080. The lowest BCUT2D eigenvalue weighted by atomic mass is 9.83. The fourth-order valence-electron chi connectivity index (χ4n) is 4.79. The Hall–Kier alpha value is -2.28. The van der Waals surface area contributed by atoms with E-state index in [1.165, 1.54) is 61.0 Å². The summed E-state index contributed by atoms with van der Waals surface area (Å²) < 4.78 is 0. The number of rotatable bonds is 2. The van der Waals surface area contributed by atoms with E-state index in [2.05, 4.69) is 77.9 Å². The first-order chi connectivity index (χ1) is 12.3. The number of H-pyrrole nitrogens is 1. The highest BCUT2D eigenvalue weighted by Crippen LogP contribution is 2.42. The van der Waals surface area contributed by atoms with Crippen LogP contribution in [0.5, 0.6) is 0 Å². The van der Waals surface area contributed by atoms with Crippen molar-refractivity contribution >= 4 is 17.0 Å². The molecule has 1 aliphatic rings. The van der Waals surface area contributed by atoms with Crippen LogP contribution in [0, 0.1) is 41.5 Å². The second kappa shape index (κ2) is 5.87. The van der Waals surface area contributed by atoms with Crippen molar-refractivity contribution in [3.8, 4) is 0 Å². The maximum absolute atomic E-state index is 3.46. The molecule has 0 radical (unpaired) electrons. The number of nitrogens with one attached hydrogen (secondary N) is 1. The number of hydrogen-bond donors (Lipinski definition) is 1. The van der Waals surface area contributed by atoms with Crippen LogP contribution in [0.25, 0.3) is 17.0 Å². The number of aromatic nitrogens is 1. The molecule has 0 saturated heterocycles. The van der Waals surface area contributed by atoms with Gasteiger partial charge in [-0.15, -0.1) is 0 Å². The van der Waals surface area contributed by atoms with Crippen LogP contribution in [0.3, 0.4) is 0 Å². The van der Waals surface area contributed by atoms with E-state index in [9.17, 15) is 0 Å². The van der Waals surface area contributed by atoms with Crippen LogP contribution in [-0.4, -0.2) is 4.98 Å². The Balaban J connectivity index is 1.86. The minimum Gasteiger partial charge on any atom is -0.361 e. The Morgan fingerprint density at radius 3 is 2.35 bits per heavy atom. The number of benzene rings is 2. The molecule has 1 nitrogen and oxygen atoms in total. The van der Waals surface area contributed by atoms with Crippen molar-refractivity contribution in [1.29, 1.82) is 0 Å². The van der Waals surface area contributed by atoms with Gasteiger partial charge in [0.2, 0.25) is 0 Å². The first-order valence-corrected chi connectivity index (χ1v) is 9.68. The number of aryl methyl sites for hydroxylation is 2. The molecule has 4 rings (SSSR count). The molecule has 0 spiro atoms. The lowest BCUT2D eigenvalue weighted by Crippen LogP contribution is -2.04. The number of fused-ring (bicyclic) bond motifs is 2. The lowest BCUT2D eigenvalue weighted by molar-refractivity contribution is 0.866. The van der Waals surface area contributed by atoms with Crippen LogP contribution >= 0.6 is 0 Å². The summed E-state index contributed by atoms with van der Waals surface area (Å²) in [5.41, 5.74) is 15.8. The van der Waals surface area contributed by atoms with Gasteiger partial charge < -0.3 is 4.98 Å². The summed E-state index contributed by atoms with van der Waals surface area (Å²) in [5, 5.41) is 1.39. The second-order valence-electron chi connectivity index (χ2n) is 8.19. The van der Waals surface area contributed by atoms with Crippen molar-refractivity contribution in [2.75, 3.05) is 0 Å². The molecule has 0 bridgehead atoms. The molecule has 2 aromatic carbocycles. The minimum absolute atomic E-state index is 0.431. The van der Waals surface area contributed by atoms with Gasteiger partial charge in [0.1, 0.15) is 0 Å². The molecular weight excluding hydrogens is 314 g/mol. The van der Waals surface area contributed by atoms with E-state index in [0.29, 0.717) is 5.92 Å². The van der Waals surface area contributed by atoms with E-state index in [4.69, 9.17) is 0 Å². The standard InChI is InChI=1S/C25H29N/c1-13-10-21-11-20(12-23(21)16(4)14(13)2)19(7)24-17(5)15(3)18(6)25-22(24)8-9-26-25/h8-10,12,19,26H,11H2,1-7H3. The molecule has 1 atom stereocenters. The average molecular weight is 344 g/mol. The first kappa shape index (κ1) is 17.1. The van der Waals surface area contributed by atoms with Crippen LogP contribution < -0.4 is 0 Å². The number of hydrogen-bond acceptors (Lipinski definition) is 0.